The van der Waals surface area contributed by atoms with Crippen LogP contribution in [0.5, 0.6) is 0 Å². The summed E-state index contributed by atoms with van der Waals surface area (Å²) < 4.78 is 25.5. The largest absolute Gasteiger partial charge is 0.352 e. The van der Waals surface area contributed by atoms with Crippen molar-refractivity contribution in [1.29, 1.82) is 0 Å². The summed E-state index contributed by atoms with van der Waals surface area (Å²) in [5.41, 5.74) is 0.469. The molecule has 1 aliphatic rings. The van der Waals surface area contributed by atoms with Crippen molar-refractivity contribution in [2.24, 2.45) is 5.92 Å². The number of piperidine rings is 1. The van der Waals surface area contributed by atoms with Crippen molar-refractivity contribution in [1.82, 2.24) is 14.9 Å². The second-order valence-electron chi connectivity index (χ2n) is 6.37. The second-order valence-corrected chi connectivity index (χ2v) is 8.25. The third-order valence-corrected chi connectivity index (χ3v) is 5.94. The van der Waals surface area contributed by atoms with Gasteiger partial charge in [0.15, 0.2) is 0 Å². The van der Waals surface area contributed by atoms with Crippen LogP contribution in [0.2, 0.25) is 0 Å². The highest BCUT2D eigenvalue weighted by Crippen LogP contribution is 2.15. The van der Waals surface area contributed by atoms with Crippen LogP contribution in [-0.4, -0.2) is 52.5 Å². The van der Waals surface area contributed by atoms with E-state index in [0.717, 1.165) is 32.0 Å². The Morgan fingerprint density at radius 1 is 1.21 bits per heavy atom. The van der Waals surface area contributed by atoms with Gasteiger partial charge < -0.3 is 10.2 Å². The van der Waals surface area contributed by atoms with Crippen molar-refractivity contribution in [3.63, 3.8) is 0 Å². The van der Waals surface area contributed by atoms with Gasteiger partial charge in [-0.1, -0.05) is 6.92 Å². The molecule has 0 bridgehead atoms. The molecule has 2 rings (SSSR count). The van der Waals surface area contributed by atoms with Crippen molar-refractivity contribution in [2.45, 2.75) is 31.1 Å². The van der Waals surface area contributed by atoms with E-state index in [4.69, 9.17) is 0 Å². The normalized spacial score (nSPS) is 16.9. The van der Waals surface area contributed by atoms with Gasteiger partial charge in [-0.15, -0.1) is 0 Å². The molecule has 0 aromatic heterocycles. The van der Waals surface area contributed by atoms with Crippen molar-refractivity contribution >= 4 is 15.9 Å². The van der Waals surface area contributed by atoms with Crippen LogP contribution in [0.4, 0.5) is 0 Å². The van der Waals surface area contributed by atoms with Crippen molar-refractivity contribution in [3.8, 4) is 0 Å². The molecule has 7 heteroatoms. The minimum absolute atomic E-state index is 0.154. The Hall–Kier alpha value is -1.44. The molecule has 1 fully saturated rings. The van der Waals surface area contributed by atoms with E-state index in [-0.39, 0.29) is 10.8 Å². The molecule has 0 saturated carbocycles. The zero-order valence-corrected chi connectivity index (χ0v) is 15.2. The average Bonchev–Trinajstić information content (AvgIpc) is 2.60. The number of nitrogens with one attached hydrogen (secondary N) is 2. The second kappa shape index (κ2) is 8.60. The highest BCUT2D eigenvalue weighted by Gasteiger charge is 2.15. The highest BCUT2D eigenvalue weighted by molar-refractivity contribution is 7.89. The Morgan fingerprint density at radius 3 is 2.42 bits per heavy atom. The minimum atomic E-state index is -3.47. The van der Waals surface area contributed by atoms with Gasteiger partial charge in [0, 0.05) is 12.1 Å². The molecular weight excluding hydrogens is 326 g/mol. The summed E-state index contributed by atoms with van der Waals surface area (Å²) in [4.78, 5) is 14.7. The molecule has 0 spiro atoms. The molecule has 134 valence electrons. The third kappa shape index (κ3) is 5.29. The summed E-state index contributed by atoms with van der Waals surface area (Å²) in [6, 6.07) is 5.95. The fourth-order valence-corrected chi connectivity index (χ4v) is 3.53. The van der Waals surface area contributed by atoms with E-state index in [2.05, 4.69) is 21.9 Å². The molecule has 1 heterocycles. The molecule has 1 aromatic carbocycles. The lowest BCUT2D eigenvalue weighted by molar-refractivity contribution is 0.0950. The molecule has 2 N–H and O–H groups in total. The van der Waals surface area contributed by atoms with E-state index < -0.39 is 10.0 Å². The molecule has 6 nitrogen and oxygen atoms in total. The van der Waals surface area contributed by atoms with Crippen LogP contribution in [0.1, 0.15) is 36.5 Å². The molecule has 1 saturated heterocycles. The Morgan fingerprint density at radius 2 is 1.83 bits per heavy atom. The van der Waals surface area contributed by atoms with Crippen LogP contribution in [-0.2, 0) is 10.0 Å². The third-order valence-electron chi connectivity index (χ3n) is 4.51. The SMILES string of the molecule is CNS(=O)(=O)c1ccc(C(=O)NCCCN2CCC(C)CC2)cc1. The van der Waals surface area contributed by atoms with Gasteiger partial charge in [0.25, 0.3) is 5.91 Å². The van der Waals surface area contributed by atoms with Gasteiger partial charge >= 0.3 is 0 Å². The molecule has 0 unspecified atom stereocenters. The summed E-state index contributed by atoms with van der Waals surface area (Å²) in [5.74, 6) is 0.659. The maximum atomic E-state index is 12.1. The van der Waals surface area contributed by atoms with Crippen molar-refractivity contribution in [2.75, 3.05) is 33.2 Å². The smallest absolute Gasteiger partial charge is 0.251 e. The number of hydrogen-bond donors (Lipinski definition) is 2. The standard InChI is InChI=1S/C17H27N3O3S/c1-14-8-12-20(13-9-14)11-3-10-19-17(21)15-4-6-16(7-5-15)24(22,23)18-2/h4-7,14,18H,3,8-13H2,1-2H3,(H,19,21). The number of amides is 1. The number of carbonyl (C=O) groups excluding carboxylic acids is 1. The van der Waals surface area contributed by atoms with Crippen LogP contribution in [0.25, 0.3) is 0 Å². The predicted octanol–water partition coefficient (Wildman–Crippen LogP) is 1.45. The van der Waals surface area contributed by atoms with Crippen LogP contribution >= 0.6 is 0 Å². The van der Waals surface area contributed by atoms with E-state index in [1.54, 1.807) is 0 Å². The number of rotatable bonds is 7. The maximum Gasteiger partial charge on any atom is 0.251 e. The predicted molar refractivity (Wildman–Crippen MR) is 94.5 cm³/mol. The van der Waals surface area contributed by atoms with Crippen LogP contribution in [0, 0.1) is 5.92 Å². The zero-order chi connectivity index (χ0) is 17.6. The van der Waals surface area contributed by atoms with Gasteiger partial charge in [0.2, 0.25) is 10.0 Å². The van der Waals surface area contributed by atoms with Crippen LogP contribution in [0.3, 0.4) is 0 Å². The first-order valence-electron chi connectivity index (χ1n) is 8.46. The Balaban J connectivity index is 1.74. The molecule has 1 aliphatic heterocycles. The summed E-state index contributed by atoms with van der Waals surface area (Å²) in [5, 5.41) is 2.89. The number of hydrogen-bond acceptors (Lipinski definition) is 4. The lowest BCUT2D eigenvalue weighted by atomic mass is 9.99. The van der Waals surface area contributed by atoms with Gasteiger partial charge in [0.05, 0.1) is 4.90 Å². The first kappa shape index (κ1) is 18.9. The molecule has 0 radical (unpaired) electrons. The fraction of sp³-hybridized carbons (Fsp3) is 0.588. The van der Waals surface area contributed by atoms with Crippen molar-refractivity contribution in [3.05, 3.63) is 29.8 Å². The number of nitrogens with zero attached hydrogens (tertiary/aromatic N) is 1. The molecule has 0 atom stereocenters. The van der Waals surface area contributed by atoms with Crippen LogP contribution in [0.15, 0.2) is 29.2 Å². The quantitative estimate of drug-likeness (QED) is 0.727. The topological polar surface area (TPSA) is 78.5 Å². The molecular formula is C17H27N3O3S. The number of benzene rings is 1. The summed E-state index contributed by atoms with van der Waals surface area (Å²) in [6.07, 6.45) is 3.44. The van der Waals surface area contributed by atoms with Gasteiger partial charge in [0.1, 0.15) is 0 Å². The zero-order valence-electron chi connectivity index (χ0n) is 14.4. The molecule has 24 heavy (non-hydrogen) atoms. The number of sulfonamides is 1. The Labute approximate surface area is 144 Å². The molecule has 1 aromatic rings. The van der Waals surface area contributed by atoms with Gasteiger partial charge in [-0.2, -0.15) is 0 Å². The van der Waals surface area contributed by atoms with E-state index in [0.29, 0.717) is 12.1 Å². The maximum absolute atomic E-state index is 12.1. The van der Waals surface area contributed by atoms with Crippen LogP contribution < -0.4 is 10.0 Å². The summed E-state index contributed by atoms with van der Waals surface area (Å²) in [6.45, 7) is 6.23. The minimum Gasteiger partial charge on any atom is -0.352 e. The lowest BCUT2D eigenvalue weighted by Gasteiger charge is -2.30. The Bertz CT molecular complexity index is 636. The van der Waals surface area contributed by atoms with Crippen molar-refractivity contribution < 1.29 is 13.2 Å². The summed E-state index contributed by atoms with van der Waals surface area (Å²) >= 11 is 0. The monoisotopic (exact) mass is 353 g/mol. The van der Waals surface area contributed by atoms with Gasteiger partial charge in [-0.05, 0) is 76.1 Å². The lowest BCUT2D eigenvalue weighted by Crippen LogP contribution is -2.35. The molecule has 0 aliphatic carbocycles. The summed E-state index contributed by atoms with van der Waals surface area (Å²) in [7, 11) is -2.11. The van der Waals surface area contributed by atoms with E-state index in [9.17, 15) is 13.2 Å². The average molecular weight is 353 g/mol. The first-order chi connectivity index (χ1) is 11.4. The fourth-order valence-electron chi connectivity index (χ4n) is 2.80. The van der Waals surface area contributed by atoms with E-state index >= 15 is 0 Å². The van der Waals surface area contributed by atoms with E-state index in [1.165, 1.54) is 44.2 Å². The highest BCUT2D eigenvalue weighted by atomic mass is 32.2. The Kier molecular flexibility index (Phi) is 6.77. The van der Waals surface area contributed by atoms with E-state index in [1.807, 2.05) is 0 Å². The van der Waals surface area contributed by atoms with Gasteiger partial charge in [-0.3, -0.25) is 4.79 Å². The first-order valence-corrected chi connectivity index (χ1v) is 9.95. The van der Waals surface area contributed by atoms with Gasteiger partial charge in [-0.25, -0.2) is 13.1 Å². The number of carbonyl (C=O) groups is 1. The number of likely N-dealkylation sites (tertiary alicyclic amines) is 1. The molecule has 1 amide bonds.